The summed E-state index contributed by atoms with van der Waals surface area (Å²) >= 11 is 0. The van der Waals surface area contributed by atoms with Crippen molar-refractivity contribution in [1.29, 1.82) is 0 Å². The number of hydrogen-bond donors (Lipinski definition) is 1. The van der Waals surface area contributed by atoms with Gasteiger partial charge in [-0.25, -0.2) is 0 Å². The lowest BCUT2D eigenvalue weighted by Gasteiger charge is -2.32. The number of nitro benzene ring substituents is 1. The molecule has 4 rings (SSSR count). The molecule has 0 bridgehead atoms. The average molecular weight is 383 g/mol. The summed E-state index contributed by atoms with van der Waals surface area (Å²) in [5, 5.41) is 14.2. The fourth-order valence-corrected chi connectivity index (χ4v) is 3.65. The van der Waals surface area contributed by atoms with Crippen molar-refractivity contribution in [3.63, 3.8) is 0 Å². The zero-order valence-corrected chi connectivity index (χ0v) is 15.3. The fraction of sp³-hybridized carbons (Fsp3) is 0.350. The van der Waals surface area contributed by atoms with E-state index >= 15 is 0 Å². The average Bonchev–Trinajstić information content (AvgIpc) is 3.20. The summed E-state index contributed by atoms with van der Waals surface area (Å²) < 4.78 is 10.6. The monoisotopic (exact) mass is 383 g/mol. The number of para-hydroxylation sites is 2. The molecule has 146 valence electrons. The molecule has 0 unspecified atom stereocenters. The van der Waals surface area contributed by atoms with Crippen molar-refractivity contribution < 1.29 is 19.2 Å². The first-order valence-corrected chi connectivity index (χ1v) is 9.26. The number of rotatable bonds is 5. The highest BCUT2D eigenvalue weighted by atomic mass is 16.7. The number of ether oxygens (including phenoxy) is 2. The van der Waals surface area contributed by atoms with Gasteiger partial charge in [0.05, 0.1) is 4.92 Å². The molecule has 2 aromatic carbocycles. The third-order valence-corrected chi connectivity index (χ3v) is 5.19. The van der Waals surface area contributed by atoms with E-state index < -0.39 is 0 Å². The molecule has 2 heterocycles. The molecule has 0 aliphatic carbocycles. The third kappa shape index (κ3) is 3.71. The van der Waals surface area contributed by atoms with Crippen molar-refractivity contribution in [2.24, 2.45) is 5.92 Å². The van der Waals surface area contributed by atoms with Crippen molar-refractivity contribution in [3.05, 3.63) is 58.1 Å². The summed E-state index contributed by atoms with van der Waals surface area (Å²) in [7, 11) is 0. The highest BCUT2D eigenvalue weighted by Gasteiger charge is 2.28. The number of nitro groups is 1. The second-order valence-corrected chi connectivity index (χ2v) is 6.91. The molecule has 0 atom stereocenters. The van der Waals surface area contributed by atoms with Gasteiger partial charge in [-0.2, -0.15) is 0 Å². The Kier molecular flexibility index (Phi) is 5.01. The van der Waals surface area contributed by atoms with Gasteiger partial charge >= 0.3 is 0 Å². The van der Waals surface area contributed by atoms with Gasteiger partial charge in [-0.1, -0.05) is 18.2 Å². The van der Waals surface area contributed by atoms with Crippen LogP contribution in [0.5, 0.6) is 11.5 Å². The van der Waals surface area contributed by atoms with E-state index in [1.54, 1.807) is 18.2 Å². The molecule has 28 heavy (non-hydrogen) atoms. The molecule has 2 aliphatic rings. The van der Waals surface area contributed by atoms with E-state index in [2.05, 4.69) is 5.32 Å². The highest BCUT2D eigenvalue weighted by molar-refractivity contribution is 5.79. The number of fused-ring (bicyclic) bond motifs is 1. The summed E-state index contributed by atoms with van der Waals surface area (Å²) in [6.07, 6.45) is 1.33. The molecule has 2 aromatic rings. The minimum atomic E-state index is -0.362. The maximum atomic E-state index is 12.5. The van der Waals surface area contributed by atoms with Crippen LogP contribution in [-0.4, -0.2) is 30.7 Å². The minimum Gasteiger partial charge on any atom is -0.454 e. The molecule has 1 N–H and O–H groups in total. The Morgan fingerprint density at radius 3 is 2.68 bits per heavy atom. The van der Waals surface area contributed by atoms with Gasteiger partial charge in [0, 0.05) is 31.6 Å². The molecule has 1 amide bonds. The largest absolute Gasteiger partial charge is 0.454 e. The second-order valence-electron chi connectivity index (χ2n) is 6.91. The molecule has 0 saturated carbocycles. The lowest BCUT2D eigenvalue weighted by atomic mass is 9.95. The van der Waals surface area contributed by atoms with Crippen LogP contribution < -0.4 is 19.7 Å². The van der Waals surface area contributed by atoms with E-state index in [1.807, 2.05) is 23.1 Å². The molecule has 1 fully saturated rings. The molecule has 8 nitrogen and oxygen atoms in total. The van der Waals surface area contributed by atoms with Gasteiger partial charge in [0.25, 0.3) is 5.69 Å². The van der Waals surface area contributed by atoms with Crippen molar-refractivity contribution in [3.8, 4) is 11.5 Å². The topological polar surface area (TPSA) is 93.9 Å². The van der Waals surface area contributed by atoms with Crippen LogP contribution in [-0.2, 0) is 11.3 Å². The number of benzene rings is 2. The van der Waals surface area contributed by atoms with Crippen LogP contribution in [0.15, 0.2) is 42.5 Å². The predicted molar refractivity (Wildman–Crippen MR) is 102 cm³/mol. The summed E-state index contributed by atoms with van der Waals surface area (Å²) in [5.74, 6) is 1.34. The van der Waals surface area contributed by atoms with Crippen LogP contribution in [0.3, 0.4) is 0 Å². The summed E-state index contributed by atoms with van der Waals surface area (Å²) in [6, 6.07) is 12.4. The lowest BCUT2D eigenvalue weighted by Crippen LogP contribution is -2.40. The first-order valence-electron chi connectivity index (χ1n) is 9.26. The number of carbonyl (C=O) groups excluding carboxylic acids is 1. The van der Waals surface area contributed by atoms with Gasteiger partial charge in [-0.15, -0.1) is 0 Å². The number of nitrogens with one attached hydrogen (secondary N) is 1. The molecule has 0 spiro atoms. The van der Waals surface area contributed by atoms with Crippen molar-refractivity contribution in [1.82, 2.24) is 5.32 Å². The maximum Gasteiger partial charge on any atom is 0.292 e. The van der Waals surface area contributed by atoms with Crippen molar-refractivity contribution in [2.75, 3.05) is 24.8 Å². The summed E-state index contributed by atoms with van der Waals surface area (Å²) in [4.78, 5) is 25.4. The van der Waals surface area contributed by atoms with Crippen LogP contribution in [0.1, 0.15) is 18.4 Å². The van der Waals surface area contributed by atoms with E-state index in [0.717, 1.165) is 11.3 Å². The van der Waals surface area contributed by atoms with Crippen LogP contribution >= 0.6 is 0 Å². The van der Waals surface area contributed by atoms with Gasteiger partial charge in [0.2, 0.25) is 12.7 Å². The Hall–Kier alpha value is -3.29. The van der Waals surface area contributed by atoms with E-state index in [4.69, 9.17) is 9.47 Å². The van der Waals surface area contributed by atoms with Gasteiger partial charge in [-0.3, -0.25) is 14.9 Å². The first-order chi connectivity index (χ1) is 13.6. The second kappa shape index (κ2) is 7.75. The number of amides is 1. The number of hydrogen-bond acceptors (Lipinski definition) is 6. The smallest absolute Gasteiger partial charge is 0.292 e. The maximum absolute atomic E-state index is 12.5. The van der Waals surface area contributed by atoms with E-state index in [0.29, 0.717) is 43.9 Å². The molecule has 0 aromatic heterocycles. The van der Waals surface area contributed by atoms with Gasteiger partial charge < -0.3 is 19.7 Å². The number of piperidine rings is 1. The third-order valence-electron chi connectivity index (χ3n) is 5.19. The van der Waals surface area contributed by atoms with Crippen LogP contribution in [0.2, 0.25) is 0 Å². The van der Waals surface area contributed by atoms with E-state index in [9.17, 15) is 14.9 Å². The predicted octanol–water partition coefficient (Wildman–Crippen LogP) is 2.86. The first kappa shape index (κ1) is 18.1. The Labute approximate surface area is 162 Å². The highest BCUT2D eigenvalue weighted by Crippen LogP contribution is 2.33. The van der Waals surface area contributed by atoms with Crippen LogP contribution in [0, 0.1) is 16.0 Å². The SMILES string of the molecule is O=C(NCc1ccc2c(c1)OCO2)C1CCN(c2ccccc2[N+](=O)[O-])CC1. The number of nitrogens with zero attached hydrogens (tertiary/aromatic N) is 2. The Balaban J connectivity index is 1.31. The fourth-order valence-electron chi connectivity index (χ4n) is 3.65. The Morgan fingerprint density at radius 2 is 1.89 bits per heavy atom. The molecule has 0 radical (unpaired) electrons. The summed E-state index contributed by atoms with van der Waals surface area (Å²) in [6.45, 7) is 1.89. The van der Waals surface area contributed by atoms with Crippen LogP contribution in [0.25, 0.3) is 0 Å². The zero-order chi connectivity index (χ0) is 19.5. The van der Waals surface area contributed by atoms with Crippen molar-refractivity contribution >= 4 is 17.3 Å². The standard InChI is InChI=1S/C20H21N3O5/c24-20(21-12-14-5-6-18-19(11-14)28-13-27-18)15-7-9-22(10-8-15)16-3-1-2-4-17(16)23(25)26/h1-6,11,15H,7-10,12-13H2,(H,21,24). The number of anilines is 1. The van der Waals surface area contributed by atoms with Gasteiger partial charge in [-0.05, 0) is 36.6 Å². The minimum absolute atomic E-state index is 0.0138. The molecule has 8 heteroatoms. The summed E-state index contributed by atoms with van der Waals surface area (Å²) in [5.41, 5.74) is 1.68. The van der Waals surface area contributed by atoms with Gasteiger partial charge in [0.1, 0.15) is 5.69 Å². The van der Waals surface area contributed by atoms with E-state index in [-0.39, 0.29) is 29.2 Å². The molecule has 2 aliphatic heterocycles. The number of carbonyl (C=O) groups is 1. The molecular weight excluding hydrogens is 362 g/mol. The zero-order valence-electron chi connectivity index (χ0n) is 15.3. The lowest BCUT2D eigenvalue weighted by molar-refractivity contribution is -0.384. The molecular formula is C20H21N3O5. The normalized spacial score (nSPS) is 16.1. The Morgan fingerprint density at radius 1 is 1.14 bits per heavy atom. The van der Waals surface area contributed by atoms with Crippen LogP contribution in [0.4, 0.5) is 11.4 Å². The van der Waals surface area contributed by atoms with Crippen molar-refractivity contribution in [2.45, 2.75) is 19.4 Å². The Bertz CT molecular complexity index is 893. The van der Waals surface area contributed by atoms with E-state index in [1.165, 1.54) is 6.07 Å². The molecule has 1 saturated heterocycles. The van der Waals surface area contributed by atoms with Gasteiger partial charge in [0.15, 0.2) is 11.5 Å². The quantitative estimate of drug-likeness (QED) is 0.630.